The molecule has 1 rings (SSSR count). The maximum atomic E-state index is 5.81. The van der Waals surface area contributed by atoms with Crippen molar-refractivity contribution in [3.05, 3.63) is 0 Å². The Morgan fingerprint density at radius 3 is 2.00 bits per heavy atom. The fourth-order valence-corrected chi connectivity index (χ4v) is 2.15. The van der Waals surface area contributed by atoms with Crippen LogP contribution in [-0.4, -0.2) is 12.2 Å². The van der Waals surface area contributed by atoms with Crippen LogP contribution in [0.2, 0.25) is 0 Å². The van der Waals surface area contributed by atoms with Gasteiger partial charge in [-0.25, -0.2) is 0 Å². The summed E-state index contributed by atoms with van der Waals surface area (Å²) in [6.07, 6.45) is 9.49. The van der Waals surface area contributed by atoms with Crippen LogP contribution >= 0.6 is 0 Å². The molecule has 1 fully saturated rings. The molecular formula is C11H22O. The van der Waals surface area contributed by atoms with E-state index in [1.807, 2.05) is 0 Å². The second-order valence-corrected chi connectivity index (χ2v) is 4.15. The molecule has 0 N–H and O–H groups in total. The molecular weight excluding hydrogens is 148 g/mol. The molecule has 0 unspecified atom stereocenters. The summed E-state index contributed by atoms with van der Waals surface area (Å²) >= 11 is 0. The lowest BCUT2D eigenvalue weighted by Crippen LogP contribution is -2.29. The molecule has 0 atom stereocenters. The summed E-state index contributed by atoms with van der Waals surface area (Å²) in [4.78, 5) is 0. The first kappa shape index (κ1) is 10.0. The molecule has 0 aromatic heterocycles. The highest BCUT2D eigenvalue weighted by molar-refractivity contribution is 4.76. The molecule has 1 nitrogen and oxygen atoms in total. The third-order valence-corrected chi connectivity index (χ3v) is 2.90. The fourth-order valence-electron chi connectivity index (χ4n) is 2.15. The number of hydrogen-bond donors (Lipinski definition) is 0. The molecule has 0 heterocycles. The van der Waals surface area contributed by atoms with E-state index in [1.54, 1.807) is 0 Å². The zero-order valence-corrected chi connectivity index (χ0v) is 8.57. The normalized spacial score (nSPS) is 24.5. The topological polar surface area (TPSA) is 9.23 Å². The van der Waals surface area contributed by atoms with Gasteiger partial charge in [-0.1, -0.05) is 32.1 Å². The van der Waals surface area contributed by atoms with Crippen LogP contribution in [0.15, 0.2) is 0 Å². The maximum absolute atomic E-state index is 5.81. The zero-order valence-electron chi connectivity index (χ0n) is 8.57. The molecule has 0 aromatic rings. The van der Waals surface area contributed by atoms with E-state index >= 15 is 0 Å². The minimum absolute atomic E-state index is 0.204. The Morgan fingerprint density at radius 1 is 1.00 bits per heavy atom. The molecule has 0 aromatic carbocycles. The van der Waals surface area contributed by atoms with Crippen molar-refractivity contribution >= 4 is 0 Å². The largest absolute Gasteiger partial charge is 0.376 e. The van der Waals surface area contributed by atoms with Crippen molar-refractivity contribution in [3.63, 3.8) is 0 Å². The van der Waals surface area contributed by atoms with Crippen molar-refractivity contribution < 1.29 is 4.74 Å². The molecule has 1 heteroatoms. The number of ether oxygens (including phenoxy) is 1. The SMILES string of the molecule is CCOC1(C)CCCCCCC1. The van der Waals surface area contributed by atoms with Gasteiger partial charge in [0.1, 0.15) is 0 Å². The molecule has 72 valence electrons. The summed E-state index contributed by atoms with van der Waals surface area (Å²) < 4.78 is 5.81. The van der Waals surface area contributed by atoms with Crippen LogP contribution in [0.4, 0.5) is 0 Å². The van der Waals surface area contributed by atoms with E-state index in [4.69, 9.17) is 4.74 Å². The molecule has 12 heavy (non-hydrogen) atoms. The average Bonchev–Trinajstić information content (AvgIpc) is 1.99. The predicted octanol–water partition coefficient (Wildman–Crippen LogP) is 3.53. The van der Waals surface area contributed by atoms with Crippen molar-refractivity contribution in [2.45, 2.75) is 64.4 Å². The quantitative estimate of drug-likeness (QED) is 0.616. The molecule has 0 radical (unpaired) electrons. The lowest BCUT2D eigenvalue weighted by atomic mass is 9.88. The van der Waals surface area contributed by atoms with Gasteiger partial charge in [0.25, 0.3) is 0 Å². The predicted molar refractivity (Wildman–Crippen MR) is 52.4 cm³/mol. The highest BCUT2D eigenvalue weighted by Crippen LogP contribution is 2.28. The monoisotopic (exact) mass is 170 g/mol. The van der Waals surface area contributed by atoms with E-state index in [1.165, 1.54) is 44.9 Å². The van der Waals surface area contributed by atoms with Gasteiger partial charge in [-0.2, -0.15) is 0 Å². The molecule has 0 saturated heterocycles. The van der Waals surface area contributed by atoms with Gasteiger partial charge in [-0.3, -0.25) is 0 Å². The third kappa shape index (κ3) is 3.14. The van der Waals surface area contributed by atoms with E-state index in [-0.39, 0.29) is 5.60 Å². The van der Waals surface area contributed by atoms with Crippen LogP contribution in [-0.2, 0) is 4.74 Å². The lowest BCUT2D eigenvalue weighted by molar-refractivity contribution is -0.0426. The maximum Gasteiger partial charge on any atom is 0.0654 e. The van der Waals surface area contributed by atoms with Gasteiger partial charge in [0.05, 0.1) is 5.60 Å². The minimum Gasteiger partial charge on any atom is -0.376 e. The Labute approximate surface area is 76.5 Å². The summed E-state index contributed by atoms with van der Waals surface area (Å²) in [5.74, 6) is 0. The van der Waals surface area contributed by atoms with E-state index in [2.05, 4.69) is 13.8 Å². The highest BCUT2D eigenvalue weighted by atomic mass is 16.5. The summed E-state index contributed by atoms with van der Waals surface area (Å²) in [5, 5.41) is 0. The van der Waals surface area contributed by atoms with Gasteiger partial charge in [-0.15, -0.1) is 0 Å². The van der Waals surface area contributed by atoms with Gasteiger partial charge >= 0.3 is 0 Å². The second kappa shape index (κ2) is 4.86. The van der Waals surface area contributed by atoms with Gasteiger partial charge in [0.15, 0.2) is 0 Å². The van der Waals surface area contributed by atoms with Crippen molar-refractivity contribution in [2.24, 2.45) is 0 Å². The summed E-state index contributed by atoms with van der Waals surface area (Å²) in [7, 11) is 0. The summed E-state index contributed by atoms with van der Waals surface area (Å²) in [6.45, 7) is 5.25. The van der Waals surface area contributed by atoms with E-state index in [9.17, 15) is 0 Å². The van der Waals surface area contributed by atoms with Gasteiger partial charge in [0, 0.05) is 6.61 Å². The van der Waals surface area contributed by atoms with Crippen LogP contribution in [0.3, 0.4) is 0 Å². The lowest BCUT2D eigenvalue weighted by Gasteiger charge is -2.31. The van der Waals surface area contributed by atoms with Crippen molar-refractivity contribution in [3.8, 4) is 0 Å². The van der Waals surface area contributed by atoms with Crippen LogP contribution in [0.5, 0.6) is 0 Å². The first-order valence-corrected chi connectivity index (χ1v) is 5.41. The van der Waals surface area contributed by atoms with Crippen molar-refractivity contribution in [1.29, 1.82) is 0 Å². The molecule has 0 bridgehead atoms. The second-order valence-electron chi connectivity index (χ2n) is 4.15. The highest BCUT2D eigenvalue weighted by Gasteiger charge is 2.24. The molecule has 0 spiro atoms. The standard InChI is InChI=1S/C11H22O/c1-3-12-11(2)9-7-5-4-6-8-10-11/h3-10H2,1-2H3. The van der Waals surface area contributed by atoms with Crippen molar-refractivity contribution in [2.75, 3.05) is 6.61 Å². The Morgan fingerprint density at radius 2 is 1.50 bits per heavy atom. The zero-order chi connectivity index (χ0) is 8.86. The van der Waals surface area contributed by atoms with Crippen LogP contribution in [0.25, 0.3) is 0 Å². The fraction of sp³-hybridized carbons (Fsp3) is 1.00. The average molecular weight is 170 g/mol. The van der Waals surface area contributed by atoms with Crippen LogP contribution < -0.4 is 0 Å². The number of hydrogen-bond acceptors (Lipinski definition) is 1. The summed E-state index contributed by atoms with van der Waals surface area (Å²) in [5.41, 5.74) is 0.204. The first-order chi connectivity index (χ1) is 5.77. The Bertz CT molecular complexity index is 112. The first-order valence-electron chi connectivity index (χ1n) is 5.41. The van der Waals surface area contributed by atoms with E-state index in [0.29, 0.717) is 0 Å². The van der Waals surface area contributed by atoms with Crippen LogP contribution in [0, 0.1) is 0 Å². The number of rotatable bonds is 2. The Kier molecular flexibility index (Phi) is 4.07. The minimum atomic E-state index is 0.204. The van der Waals surface area contributed by atoms with Crippen LogP contribution in [0.1, 0.15) is 58.8 Å². The smallest absolute Gasteiger partial charge is 0.0654 e. The van der Waals surface area contributed by atoms with Crippen molar-refractivity contribution in [1.82, 2.24) is 0 Å². The molecule has 0 aliphatic heterocycles. The summed E-state index contributed by atoms with van der Waals surface area (Å²) in [6, 6.07) is 0. The van der Waals surface area contributed by atoms with E-state index in [0.717, 1.165) is 6.61 Å². The molecule has 1 aliphatic carbocycles. The van der Waals surface area contributed by atoms with E-state index < -0.39 is 0 Å². The van der Waals surface area contributed by atoms with Gasteiger partial charge < -0.3 is 4.74 Å². The van der Waals surface area contributed by atoms with Gasteiger partial charge in [-0.05, 0) is 26.7 Å². The molecule has 1 aliphatic rings. The van der Waals surface area contributed by atoms with Gasteiger partial charge in [0.2, 0.25) is 0 Å². The Hall–Kier alpha value is -0.0400. The molecule has 1 saturated carbocycles. The third-order valence-electron chi connectivity index (χ3n) is 2.90. The Balaban J connectivity index is 2.36. The molecule has 0 amide bonds.